The van der Waals surface area contributed by atoms with Gasteiger partial charge in [-0.2, -0.15) is 0 Å². The van der Waals surface area contributed by atoms with Crippen molar-refractivity contribution in [2.75, 3.05) is 13.7 Å². The molecule has 0 saturated heterocycles. The zero-order valence-electron chi connectivity index (χ0n) is 13.9. The van der Waals surface area contributed by atoms with Crippen LogP contribution in [0, 0.1) is 5.82 Å². The summed E-state index contributed by atoms with van der Waals surface area (Å²) in [5, 5.41) is 15.6. The zero-order chi connectivity index (χ0) is 17.8. The first-order valence-electron chi connectivity index (χ1n) is 8.19. The molecule has 2 aromatic carbocycles. The van der Waals surface area contributed by atoms with Crippen LogP contribution in [0.3, 0.4) is 0 Å². The van der Waals surface area contributed by atoms with Crippen molar-refractivity contribution in [2.24, 2.45) is 0 Å². The third-order valence-electron chi connectivity index (χ3n) is 4.35. The molecule has 0 radical (unpaired) electrons. The first kappa shape index (κ1) is 17.2. The largest absolute Gasteiger partial charge is 0.497 e. The van der Waals surface area contributed by atoms with Crippen LogP contribution in [-0.4, -0.2) is 30.8 Å². The van der Waals surface area contributed by atoms with E-state index >= 15 is 0 Å². The lowest BCUT2D eigenvalue weighted by atomic mass is 10.1. The molecule has 3 N–H and O–H groups in total. The minimum Gasteiger partial charge on any atom is -0.497 e. The number of aliphatic hydroxyl groups is 1. The number of hydrogen-bond acceptors (Lipinski definition) is 3. The zero-order valence-corrected chi connectivity index (χ0v) is 13.9. The number of halogens is 1. The van der Waals surface area contributed by atoms with E-state index in [-0.39, 0.29) is 30.4 Å². The fraction of sp³-hybridized carbons (Fsp3) is 0.316. The highest BCUT2D eigenvalue weighted by molar-refractivity contribution is 5.75. The Morgan fingerprint density at radius 2 is 2.12 bits per heavy atom. The Balaban J connectivity index is 1.47. The summed E-state index contributed by atoms with van der Waals surface area (Å²) in [6.07, 6.45) is -0.116. The molecule has 0 aromatic heterocycles. The van der Waals surface area contributed by atoms with Gasteiger partial charge in [0.2, 0.25) is 0 Å². The van der Waals surface area contributed by atoms with Gasteiger partial charge in [-0.05, 0) is 35.7 Å². The second kappa shape index (κ2) is 7.53. The third kappa shape index (κ3) is 4.28. The minimum atomic E-state index is -0.831. The number of carbonyl (C=O) groups excluding carboxylic acids is 1. The molecular formula is C19H21FN2O3. The molecule has 132 valence electrons. The van der Waals surface area contributed by atoms with Crippen LogP contribution in [0.15, 0.2) is 48.5 Å². The number of aliphatic hydroxyl groups excluding tert-OH is 1. The van der Waals surface area contributed by atoms with Crippen molar-refractivity contribution in [3.63, 3.8) is 0 Å². The van der Waals surface area contributed by atoms with Gasteiger partial charge in [0.15, 0.2) is 0 Å². The molecule has 1 saturated carbocycles. The molecule has 6 heteroatoms. The molecule has 1 fully saturated rings. The number of ether oxygens (including phenoxy) is 1. The molecule has 3 unspecified atom stereocenters. The maximum Gasteiger partial charge on any atom is 0.315 e. The summed E-state index contributed by atoms with van der Waals surface area (Å²) in [4.78, 5) is 12.0. The van der Waals surface area contributed by atoms with Crippen molar-refractivity contribution < 1.29 is 19.0 Å². The van der Waals surface area contributed by atoms with E-state index in [1.54, 1.807) is 49.6 Å². The lowest BCUT2D eigenvalue weighted by molar-refractivity contribution is 0.172. The molecule has 0 aliphatic heterocycles. The summed E-state index contributed by atoms with van der Waals surface area (Å²) in [6, 6.07) is 13.2. The van der Waals surface area contributed by atoms with Crippen LogP contribution < -0.4 is 15.4 Å². The predicted molar refractivity (Wildman–Crippen MR) is 92.0 cm³/mol. The van der Waals surface area contributed by atoms with E-state index in [2.05, 4.69) is 10.6 Å². The van der Waals surface area contributed by atoms with Gasteiger partial charge in [0.25, 0.3) is 0 Å². The second-order valence-electron chi connectivity index (χ2n) is 6.12. The lowest BCUT2D eigenvalue weighted by Gasteiger charge is -2.14. The van der Waals surface area contributed by atoms with Gasteiger partial charge in [0.05, 0.1) is 13.2 Å². The summed E-state index contributed by atoms with van der Waals surface area (Å²) in [6.45, 7) is 0.0795. The number of benzene rings is 2. The Kier molecular flexibility index (Phi) is 5.19. The molecule has 5 nitrogen and oxygen atoms in total. The molecule has 2 aromatic rings. The molecule has 0 heterocycles. The van der Waals surface area contributed by atoms with Crippen molar-refractivity contribution in [3.8, 4) is 5.75 Å². The molecule has 2 amide bonds. The maximum atomic E-state index is 13.7. The van der Waals surface area contributed by atoms with Crippen LogP contribution in [0.1, 0.15) is 29.6 Å². The summed E-state index contributed by atoms with van der Waals surface area (Å²) < 4.78 is 18.8. The molecule has 0 bridgehead atoms. The summed E-state index contributed by atoms with van der Waals surface area (Å²) in [5.74, 6) is 0.410. The van der Waals surface area contributed by atoms with Crippen molar-refractivity contribution in [3.05, 3.63) is 65.5 Å². The minimum absolute atomic E-state index is 0.00950. The van der Waals surface area contributed by atoms with Crippen LogP contribution in [0.4, 0.5) is 9.18 Å². The van der Waals surface area contributed by atoms with Gasteiger partial charge < -0.3 is 20.5 Å². The number of methoxy groups -OCH3 is 1. The predicted octanol–water partition coefficient (Wildman–Crippen LogP) is 2.72. The summed E-state index contributed by atoms with van der Waals surface area (Å²) in [5.41, 5.74) is 1.29. The molecule has 1 aliphatic rings. The van der Waals surface area contributed by atoms with Gasteiger partial charge in [-0.1, -0.05) is 30.3 Å². The van der Waals surface area contributed by atoms with Crippen LogP contribution >= 0.6 is 0 Å². The second-order valence-corrected chi connectivity index (χ2v) is 6.12. The van der Waals surface area contributed by atoms with Crippen molar-refractivity contribution in [1.82, 2.24) is 10.6 Å². The molecule has 25 heavy (non-hydrogen) atoms. The molecular weight excluding hydrogens is 323 g/mol. The average Bonchev–Trinajstić information content (AvgIpc) is 3.38. The van der Waals surface area contributed by atoms with E-state index in [1.807, 2.05) is 0 Å². The van der Waals surface area contributed by atoms with E-state index in [0.29, 0.717) is 23.3 Å². The Morgan fingerprint density at radius 1 is 1.32 bits per heavy atom. The molecule has 3 atom stereocenters. The molecule has 0 spiro atoms. The van der Waals surface area contributed by atoms with Crippen LogP contribution in [0.25, 0.3) is 0 Å². The first-order valence-corrected chi connectivity index (χ1v) is 8.19. The van der Waals surface area contributed by atoms with E-state index in [4.69, 9.17) is 4.74 Å². The standard InChI is InChI=1S/C19H21FN2O3/c1-25-13-6-4-5-12(9-13)18(23)11-21-19(24)22-17-10-15(17)14-7-2-3-8-16(14)20/h2-9,15,17-18,23H,10-11H2,1H3,(H2,21,22,24). The van der Waals surface area contributed by atoms with Crippen LogP contribution in [0.5, 0.6) is 5.75 Å². The van der Waals surface area contributed by atoms with Gasteiger partial charge in [-0.15, -0.1) is 0 Å². The summed E-state index contributed by atoms with van der Waals surface area (Å²) >= 11 is 0. The molecule has 1 aliphatic carbocycles. The van der Waals surface area contributed by atoms with Crippen molar-refractivity contribution >= 4 is 6.03 Å². The Labute approximate surface area is 145 Å². The summed E-state index contributed by atoms with van der Waals surface area (Å²) in [7, 11) is 1.55. The van der Waals surface area contributed by atoms with E-state index in [9.17, 15) is 14.3 Å². The number of rotatable bonds is 6. The van der Waals surface area contributed by atoms with Crippen molar-refractivity contribution in [1.29, 1.82) is 0 Å². The number of hydrogen-bond donors (Lipinski definition) is 3. The fourth-order valence-corrected chi connectivity index (χ4v) is 2.85. The lowest BCUT2D eigenvalue weighted by Crippen LogP contribution is -2.39. The first-order chi connectivity index (χ1) is 12.1. The smallest absolute Gasteiger partial charge is 0.315 e. The van der Waals surface area contributed by atoms with Gasteiger partial charge >= 0.3 is 6.03 Å². The van der Waals surface area contributed by atoms with Crippen LogP contribution in [-0.2, 0) is 0 Å². The van der Waals surface area contributed by atoms with Crippen LogP contribution in [0.2, 0.25) is 0 Å². The monoisotopic (exact) mass is 344 g/mol. The highest BCUT2D eigenvalue weighted by atomic mass is 19.1. The number of amides is 2. The Morgan fingerprint density at radius 3 is 2.88 bits per heavy atom. The Bertz CT molecular complexity index is 753. The van der Waals surface area contributed by atoms with E-state index < -0.39 is 6.10 Å². The fourth-order valence-electron chi connectivity index (χ4n) is 2.85. The van der Waals surface area contributed by atoms with Gasteiger partial charge in [-0.25, -0.2) is 9.18 Å². The highest BCUT2D eigenvalue weighted by Gasteiger charge is 2.40. The quantitative estimate of drug-likeness (QED) is 0.755. The third-order valence-corrected chi connectivity index (χ3v) is 4.35. The van der Waals surface area contributed by atoms with Gasteiger partial charge in [0, 0.05) is 18.5 Å². The maximum absolute atomic E-state index is 13.7. The average molecular weight is 344 g/mol. The topological polar surface area (TPSA) is 70.6 Å². The SMILES string of the molecule is COc1cccc(C(O)CNC(=O)NC2CC2c2ccccc2F)c1. The normalized spacial score (nSPS) is 19.8. The number of carbonyl (C=O) groups is 1. The number of urea groups is 1. The van der Waals surface area contributed by atoms with Crippen molar-refractivity contribution in [2.45, 2.75) is 24.5 Å². The van der Waals surface area contributed by atoms with Gasteiger partial charge in [-0.3, -0.25) is 0 Å². The molecule has 3 rings (SSSR count). The Hall–Kier alpha value is -2.60. The van der Waals surface area contributed by atoms with E-state index in [1.165, 1.54) is 6.07 Å². The van der Waals surface area contributed by atoms with E-state index in [0.717, 1.165) is 0 Å². The van der Waals surface area contributed by atoms with Gasteiger partial charge in [0.1, 0.15) is 11.6 Å². The number of nitrogens with one attached hydrogen (secondary N) is 2. The highest BCUT2D eigenvalue weighted by Crippen LogP contribution is 2.41.